The maximum absolute atomic E-state index is 9.58. The molecule has 3 heteroatoms. The summed E-state index contributed by atoms with van der Waals surface area (Å²) in [5.41, 5.74) is 0. The molecule has 0 spiro atoms. The van der Waals surface area contributed by atoms with Gasteiger partial charge in [0.15, 0.2) is 0 Å². The standard InChI is InChI=1S/C11H22N2O/c1-12(2)9-5-7-13(8-6-9)10-3-4-11(10)14/h9-11,14H,3-8H2,1-2H3/t10-,11-/m1/s1. The molecule has 1 saturated heterocycles. The van der Waals surface area contributed by atoms with Gasteiger partial charge in [-0.25, -0.2) is 0 Å². The third-order valence-electron chi connectivity index (χ3n) is 3.90. The molecule has 1 aliphatic heterocycles. The molecule has 3 nitrogen and oxygen atoms in total. The lowest BCUT2D eigenvalue weighted by Gasteiger charge is -2.45. The number of aliphatic hydroxyl groups is 1. The molecule has 1 N–H and O–H groups in total. The number of hydrogen-bond acceptors (Lipinski definition) is 3. The minimum Gasteiger partial charge on any atom is -0.391 e. The molecular formula is C11H22N2O. The van der Waals surface area contributed by atoms with E-state index in [-0.39, 0.29) is 6.10 Å². The molecule has 0 aromatic carbocycles. The van der Waals surface area contributed by atoms with Gasteiger partial charge in [-0.1, -0.05) is 0 Å². The van der Waals surface area contributed by atoms with E-state index in [9.17, 15) is 5.11 Å². The number of piperidine rings is 1. The van der Waals surface area contributed by atoms with Gasteiger partial charge in [-0.05, 0) is 39.8 Å². The van der Waals surface area contributed by atoms with E-state index in [0.717, 1.165) is 12.5 Å². The predicted molar refractivity (Wildman–Crippen MR) is 57.3 cm³/mol. The second-order valence-electron chi connectivity index (χ2n) is 4.94. The largest absolute Gasteiger partial charge is 0.391 e. The van der Waals surface area contributed by atoms with Crippen LogP contribution in [0.5, 0.6) is 0 Å². The zero-order valence-corrected chi connectivity index (χ0v) is 9.32. The number of nitrogens with zero attached hydrogens (tertiary/aromatic N) is 2. The molecule has 2 atom stereocenters. The highest BCUT2D eigenvalue weighted by atomic mass is 16.3. The molecule has 0 bridgehead atoms. The first-order chi connectivity index (χ1) is 6.68. The zero-order valence-electron chi connectivity index (χ0n) is 9.32. The fourth-order valence-electron chi connectivity index (χ4n) is 2.62. The third-order valence-corrected chi connectivity index (χ3v) is 3.90. The van der Waals surface area contributed by atoms with Crippen molar-refractivity contribution in [1.82, 2.24) is 9.80 Å². The number of hydrogen-bond donors (Lipinski definition) is 1. The molecule has 1 heterocycles. The fourth-order valence-corrected chi connectivity index (χ4v) is 2.62. The number of rotatable bonds is 2. The minimum absolute atomic E-state index is 0.0362. The molecule has 0 radical (unpaired) electrons. The van der Waals surface area contributed by atoms with Crippen LogP contribution in [0.25, 0.3) is 0 Å². The molecule has 2 rings (SSSR count). The van der Waals surface area contributed by atoms with Gasteiger partial charge in [0.2, 0.25) is 0 Å². The smallest absolute Gasteiger partial charge is 0.0696 e. The van der Waals surface area contributed by atoms with E-state index in [1.165, 1.54) is 32.4 Å². The van der Waals surface area contributed by atoms with Crippen molar-refractivity contribution in [3.05, 3.63) is 0 Å². The summed E-state index contributed by atoms with van der Waals surface area (Å²) in [6.45, 7) is 2.34. The van der Waals surface area contributed by atoms with Crippen molar-refractivity contribution in [1.29, 1.82) is 0 Å². The Balaban J connectivity index is 1.78. The van der Waals surface area contributed by atoms with Crippen LogP contribution in [0.15, 0.2) is 0 Å². The summed E-state index contributed by atoms with van der Waals surface area (Å²) in [5.74, 6) is 0. The zero-order chi connectivity index (χ0) is 10.1. The van der Waals surface area contributed by atoms with E-state index >= 15 is 0 Å². The molecule has 1 aliphatic carbocycles. The summed E-state index contributed by atoms with van der Waals surface area (Å²) >= 11 is 0. The number of aliphatic hydroxyl groups excluding tert-OH is 1. The Hall–Kier alpha value is -0.120. The van der Waals surface area contributed by atoms with Gasteiger partial charge in [-0.15, -0.1) is 0 Å². The Morgan fingerprint density at radius 3 is 2.07 bits per heavy atom. The summed E-state index contributed by atoms with van der Waals surface area (Å²) in [7, 11) is 4.33. The second-order valence-corrected chi connectivity index (χ2v) is 4.94. The van der Waals surface area contributed by atoms with E-state index in [0.29, 0.717) is 6.04 Å². The first-order valence-corrected chi connectivity index (χ1v) is 5.77. The first kappa shape index (κ1) is 10.4. The van der Waals surface area contributed by atoms with Crippen LogP contribution in [-0.4, -0.2) is 60.3 Å². The van der Waals surface area contributed by atoms with Crippen LogP contribution in [0.4, 0.5) is 0 Å². The van der Waals surface area contributed by atoms with E-state index in [2.05, 4.69) is 23.9 Å². The van der Waals surface area contributed by atoms with Crippen molar-refractivity contribution in [3.63, 3.8) is 0 Å². The first-order valence-electron chi connectivity index (χ1n) is 5.77. The van der Waals surface area contributed by atoms with Crippen molar-refractivity contribution in [3.8, 4) is 0 Å². The van der Waals surface area contributed by atoms with Crippen molar-refractivity contribution in [2.75, 3.05) is 27.2 Å². The Morgan fingerprint density at radius 2 is 1.71 bits per heavy atom. The van der Waals surface area contributed by atoms with Crippen molar-refractivity contribution >= 4 is 0 Å². The van der Waals surface area contributed by atoms with Crippen LogP contribution in [-0.2, 0) is 0 Å². The van der Waals surface area contributed by atoms with Gasteiger partial charge in [0.1, 0.15) is 0 Å². The van der Waals surface area contributed by atoms with Crippen LogP contribution in [0, 0.1) is 0 Å². The van der Waals surface area contributed by atoms with Crippen molar-refractivity contribution in [2.24, 2.45) is 0 Å². The van der Waals surface area contributed by atoms with Gasteiger partial charge < -0.3 is 10.0 Å². The highest BCUT2D eigenvalue weighted by Crippen LogP contribution is 2.28. The van der Waals surface area contributed by atoms with E-state index < -0.39 is 0 Å². The summed E-state index contributed by atoms with van der Waals surface area (Å²) in [5, 5.41) is 9.58. The van der Waals surface area contributed by atoms with Crippen LogP contribution in [0.2, 0.25) is 0 Å². The molecule has 0 aromatic heterocycles. The molecular weight excluding hydrogens is 176 g/mol. The summed E-state index contributed by atoms with van der Waals surface area (Å²) in [4.78, 5) is 4.81. The van der Waals surface area contributed by atoms with Gasteiger partial charge in [0, 0.05) is 25.2 Å². The van der Waals surface area contributed by atoms with Gasteiger partial charge in [0.25, 0.3) is 0 Å². The Labute approximate surface area is 86.7 Å². The van der Waals surface area contributed by atoms with E-state index in [4.69, 9.17) is 0 Å². The Kier molecular flexibility index (Phi) is 3.10. The molecule has 14 heavy (non-hydrogen) atoms. The lowest BCUT2D eigenvalue weighted by molar-refractivity contribution is -0.0356. The minimum atomic E-state index is -0.0362. The molecule has 1 saturated carbocycles. The monoisotopic (exact) mass is 198 g/mol. The lowest BCUT2D eigenvalue weighted by atomic mass is 9.86. The second kappa shape index (κ2) is 4.17. The Morgan fingerprint density at radius 1 is 1.07 bits per heavy atom. The van der Waals surface area contributed by atoms with Gasteiger partial charge >= 0.3 is 0 Å². The molecule has 0 unspecified atom stereocenters. The van der Waals surface area contributed by atoms with Crippen molar-refractivity contribution in [2.45, 2.75) is 43.9 Å². The number of likely N-dealkylation sites (tertiary alicyclic amines) is 1. The SMILES string of the molecule is CN(C)C1CCN([C@@H]2CC[C@H]2O)CC1. The molecule has 2 aliphatic rings. The summed E-state index contributed by atoms with van der Waals surface area (Å²) in [6.07, 6.45) is 4.70. The van der Waals surface area contributed by atoms with Gasteiger partial charge in [0.05, 0.1) is 6.10 Å². The highest BCUT2D eigenvalue weighted by Gasteiger charge is 2.35. The van der Waals surface area contributed by atoms with E-state index in [1.54, 1.807) is 0 Å². The normalized spacial score (nSPS) is 36.0. The lowest BCUT2D eigenvalue weighted by Crippen LogP contribution is -2.54. The predicted octanol–water partition coefficient (Wildman–Crippen LogP) is 0.536. The molecule has 82 valence electrons. The molecule has 0 amide bonds. The molecule has 0 aromatic rings. The summed E-state index contributed by atoms with van der Waals surface area (Å²) < 4.78 is 0. The Bertz CT molecular complexity index is 188. The van der Waals surface area contributed by atoms with Crippen LogP contribution < -0.4 is 0 Å². The highest BCUT2D eigenvalue weighted by molar-refractivity contribution is 4.91. The van der Waals surface area contributed by atoms with Crippen LogP contribution >= 0.6 is 0 Å². The maximum atomic E-state index is 9.58. The maximum Gasteiger partial charge on any atom is 0.0696 e. The van der Waals surface area contributed by atoms with Crippen LogP contribution in [0.1, 0.15) is 25.7 Å². The average Bonchev–Trinajstić information content (AvgIpc) is 2.16. The van der Waals surface area contributed by atoms with Crippen molar-refractivity contribution < 1.29 is 5.11 Å². The topological polar surface area (TPSA) is 26.7 Å². The summed E-state index contributed by atoms with van der Waals surface area (Å²) in [6, 6.07) is 1.24. The molecule has 2 fully saturated rings. The fraction of sp³-hybridized carbons (Fsp3) is 1.00. The quantitative estimate of drug-likeness (QED) is 0.701. The average molecular weight is 198 g/mol. The van der Waals surface area contributed by atoms with Gasteiger partial charge in [-0.2, -0.15) is 0 Å². The third kappa shape index (κ3) is 1.95. The van der Waals surface area contributed by atoms with Gasteiger partial charge in [-0.3, -0.25) is 4.90 Å². The van der Waals surface area contributed by atoms with E-state index in [1.807, 2.05) is 0 Å². The van der Waals surface area contributed by atoms with Crippen LogP contribution in [0.3, 0.4) is 0 Å².